The lowest BCUT2D eigenvalue weighted by molar-refractivity contribution is 0.102. The number of hydrogen-bond acceptors (Lipinski definition) is 4. The molecule has 0 saturated carbocycles. The van der Waals surface area contributed by atoms with E-state index in [4.69, 9.17) is 4.42 Å². The van der Waals surface area contributed by atoms with Gasteiger partial charge in [-0.05, 0) is 32.9 Å². The van der Waals surface area contributed by atoms with E-state index in [2.05, 4.69) is 10.4 Å². The van der Waals surface area contributed by atoms with E-state index in [1.165, 1.54) is 0 Å². The molecule has 2 aromatic heterocycles. The van der Waals surface area contributed by atoms with Crippen molar-refractivity contribution in [3.05, 3.63) is 58.1 Å². The van der Waals surface area contributed by atoms with Gasteiger partial charge in [0.1, 0.15) is 17.0 Å². The van der Waals surface area contributed by atoms with Crippen LogP contribution in [0.25, 0.3) is 11.0 Å². The minimum Gasteiger partial charge on any atom is -0.422 e. The fourth-order valence-corrected chi connectivity index (χ4v) is 2.41. The Hall–Kier alpha value is -2.89. The van der Waals surface area contributed by atoms with E-state index in [0.717, 1.165) is 5.69 Å². The molecule has 0 saturated heterocycles. The maximum Gasteiger partial charge on any atom is 0.349 e. The molecule has 0 fully saturated rings. The summed E-state index contributed by atoms with van der Waals surface area (Å²) in [5.41, 5.74) is 0.558. The van der Waals surface area contributed by atoms with Gasteiger partial charge in [-0.1, -0.05) is 18.2 Å². The highest BCUT2D eigenvalue weighted by Crippen LogP contribution is 2.18. The second kappa shape index (κ2) is 5.72. The largest absolute Gasteiger partial charge is 0.422 e. The smallest absolute Gasteiger partial charge is 0.349 e. The third-order valence-electron chi connectivity index (χ3n) is 3.47. The zero-order chi connectivity index (χ0) is 16.6. The topological polar surface area (TPSA) is 77.1 Å². The van der Waals surface area contributed by atoms with Gasteiger partial charge in [0.15, 0.2) is 0 Å². The maximum atomic E-state index is 12.5. The quantitative estimate of drug-likeness (QED) is 0.754. The highest BCUT2D eigenvalue weighted by Gasteiger charge is 2.17. The average molecular weight is 311 g/mol. The molecule has 0 spiro atoms. The van der Waals surface area contributed by atoms with Crippen molar-refractivity contribution in [2.75, 3.05) is 5.32 Å². The summed E-state index contributed by atoms with van der Waals surface area (Å²) in [4.78, 5) is 24.5. The van der Waals surface area contributed by atoms with Gasteiger partial charge in [0.25, 0.3) is 5.91 Å². The highest BCUT2D eigenvalue weighted by atomic mass is 16.4. The van der Waals surface area contributed by atoms with E-state index >= 15 is 0 Å². The van der Waals surface area contributed by atoms with Crippen LogP contribution in [0.5, 0.6) is 0 Å². The number of aryl methyl sites for hydroxylation is 1. The van der Waals surface area contributed by atoms with Crippen molar-refractivity contribution >= 4 is 22.7 Å². The first-order chi connectivity index (χ1) is 11.0. The van der Waals surface area contributed by atoms with E-state index in [-0.39, 0.29) is 11.6 Å². The molecule has 3 aromatic rings. The van der Waals surface area contributed by atoms with Crippen LogP contribution in [0.15, 0.2) is 45.6 Å². The first-order valence-electron chi connectivity index (χ1n) is 7.36. The van der Waals surface area contributed by atoms with Gasteiger partial charge < -0.3 is 9.73 Å². The Kier molecular flexibility index (Phi) is 3.73. The van der Waals surface area contributed by atoms with Crippen molar-refractivity contribution in [1.82, 2.24) is 9.78 Å². The summed E-state index contributed by atoms with van der Waals surface area (Å²) < 4.78 is 6.90. The minimum atomic E-state index is -0.659. The number of fused-ring (bicyclic) bond motifs is 1. The summed E-state index contributed by atoms with van der Waals surface area (Å²) in [5.74, 6) is 0.0429. The molecule has 118 valence electrons. The Balaban J connectivity index is 1.98. The van der Waals surface area contributed by atoms with Crippen LogP contribution >= 0.6 is 0 Å². The Morgan fingerprint density at radius 2 is 2.00 bits per heavy atom. The van der Waals surface area contributed by atoms with Gasteiger partial charge in [-0.2, -0.15) is 5.10 Å². The minimum absolute atomic E-state index is 0.0298. The van der Waals surface area contributed by atoms with Crippen molar-refractivity contribution in [1.29, 1.82) is 0 Å². The summed E-state index contributed by atoms with van der Waals surface area (Å²) in [6.07, 6.45) is 0. The van der Waals surface area contributed by atoms with E-state index in [1.807, 2.05) is 26.8 Å². The second-order valence-electron chi connectivity index (χ2n) is 5.65. The van der Waals surface area contributed by atoms with Gasteiger partial charge >= 0.3 is 5.63 Å². The lowest BCUT2D eigenvalue weighted by Gasteiger charge is -2.11. The van der Waals surface area contributed by atoms with E-state index in [0.29, 0.717) is 16.8 Å². The standard InChI is InChI=1S/C17H17N3O3/c1-10(2)20-15(8-11(3)19-20)18-16(21)13-9-12-6-4-5-7-14(12)23-17(13)22/h4-10H,1-3H3,(H,18,21). The van der Waals surface area contributed by atoms with Crippen molar-refractivity contribution < 1.29 is 9.21 Å². The summed E-state index contributed by atoms with van der Waals surface area (Å²) in [5, 5.41) is 7.77. The molecule has 0 bridgehead atoms. The molecule has 6 heteroatoms. The number of nitrogens with one attached hydrogen (secondary N) is 1. The second-order valence-corrected chi connectivity index (χ2v) is 5.65. The normalized spacial score (nSPS) is 11.1. The number of carbonyl (C=O) groups is 1. The van der Waals surface area contributed by atoms with E-state index in [1.54, 1.807) is 35.0 Å². The number of para-hydroxylation sites is 1. The highest BCUT2D eigenvalue weighted by molar-refractivity contribution is 6.05. The number of nitrogens with zero attached hydrogens (tertiary/aromatic N) is 2. The van der Waals surface area contributed by atoms with Crippen LogP contribution in [0.2, 0.25) is 0 Å². The van der Waals surface area contributed by atoms with Crippen molar-refractivity contribution in [2.24, 2.45) is 0 Å². The van der Waals surface area contributed by atoms with Crippen LogP contribution in [-0.4, -0.2) is 15.7 Å². The lowest BCUT2D eigenvalue weighted by atomic mass is 10.2. The summed E-state index contributed by atoms with van der Waals surface area (Å²) in [6.45, 7) is 5.78. The van der Waals surface area contributed by atoms with Crippen LogP contribution in [-0.2, 0) is 0 Å². The molecule has 0 unspecified atom stereocenters. The van der Waals surface area contributed by atoms with Gasteiger partial charge in [0, 0.05) is 17.5 Å². The predicted molar refractivity (Wildman–Crippen MR) is 87.8 cm³/mol. The fraction of sp³-hybridized carbons (Fsp3) is 0.235. The monoisotopic (exact) mass is 311 g/mol. The number of anilines is 1. The molecule has 0 atom stereocenters. The van der Waals surface area contributed by atoms with Crippen LogP contribution in [0.1, 0.15) is 35.9 Å². The number of rotatable bonds is 3. The Morgan fingerprint density at radius 3 is 2.74 bits per heavy atom. The molecule has 6 nitrogen and oxygen atoms in total. The van der Waals surface area contributed by atoms with Crippen LogP contribution < -0.4 is 10.9 Å². The summed E-state index contributed by atoms with van der Waals surface area (Å²) >= 11 is 0. The third kappa shape index (κ3) is 2.88. The van der Waals surface area contributed by atoms with Gasteiger partial charge in [-0.25, -0.2) is 9.48 Å². The van der Waals surface area contributed by atoms with Gasteiger partial charge in [-0.15, -0.1) is 0 Å². The van der Waals surface area contributed by atoms with Crippen LogP contribution in [0.4, 0.5) is 5.82 Å². The predicted octanol–water partition coefficient (Wildman–Crippen LogP) is 3.13. The first-order valence-corrected chi connectivity index (χ1v) is 7.36. The zero-order valence-electron chi connectivity index (χ0n) is 13.2. The van der Waals surface area contributed by atoms with E-state index < -0.39 is 11.5 Å². The van der Waals surface area contributed by atoms with E-state index in [9.17, 15) is 9.59 Å². The number of hydrogen-bond donors (Lipinski definition) is 1. The van der Waals surface area contributed by atoms with Crippen LogP contribution in [0, 0.1) is 6.92 Å². The fourth-order valence-electron chi connectivity index (χ4n) is 2.41. The molecular weight excluding hydrogens is 294 g/mol. The number of carbonyl (C=O) groups excluding carboxylic acids is 1. The number of amides is 1. The Morgan fingerprint density at radius 1 is 1.26 bits per heavy atom. The molecule has 3 rings (SSSR count). The third-order valence-corrected chi connectivity index (χ3v) is 3.47. The Bertz CT molecular complexity index is 938. The van der Waals surface area contributed by atoms with Gasteiger partial charge in [0.2, 0.25) is 0 Å². The maximum absolute atomic E-state index is 12.5. The van der Waals surface area contributed by atoms with Crippen molar-refractivity contribution in [2.45, 2.75) is 26.8 Å². The van der Waals surface area contributed by atoms with Crippen molar-refractivity contribution in [3.63, 3.8) is 0 Å². The molecule has 0 aliphatic rings. The number of benzene rings is 1. The summed E-state index contributed by atoms with van der Waals surface area (Å²) in [7, 11) is 0. The van der Waals surface area contributed by atoms with Crippen molar-refractivity contribution in [3.8, 4) is 0 Å². The first kappa shape index (κ1) is 15.0. The molecule has 2 heterocycles. The zero-order valence-corrected chi connectivity index (χ0v) is 13.2. The van der Waals surface area contributed by atoms with Gasteiger partial charge in [-0.3, -0.25) is 4.79 Å². The molecule has 1 amide bonds. The molecule has 0 aliphatic carbocycles. The molecular formula is C17H17N3O3. The molecule has 0 aliphatic heterocycles. The molecule has 0 radical (unpaired) electrons. The SMILES string of the molecule is Cc1cc(NC(=O)c2cc3ccccc3oc2=O)n(C(C)C)n1. The molecule has 1 N–H and O–H groups in total. The Labute approximate surface area is 132 Å². The lowest BCUT2D eigenvalue weighted by Crippen LogP contribution is -2.22. The van der Waals surface area contributed by atoms with Gasteiger partial charge in [0.05, 0.1) is 5.69 Å². The number of aromatic nitrogens is 2. The average Bonchev–Trinajstić information content (AvgIpc) is 2.87. The van der Waals surface area contributed by atoms with Crippen LogP contribution in [0.3, 0.4) is 0 Å². The summed E-state index contributed by atoms with van der Waals surface area (Å²) in [6, 6.07) is 10.5. The molecule has 23 heavy (non-hydrogen) atoms. The molecule has 1 aromatic carbocycles.